The molecule has 2 heterocycles. The molecule has 0 radical (unpaired) electrons. The lowest BCUT2D eigenvalue weighted by molar-refractivity contribution is -1.92. The predicted octanol–water partition coefficient (Wildman–Crippen LogP) is 1.75. The summed E-state index contributed by atoms with van der Waals surface area (Å²) in [5.74, 6) is 1.74. The Morgan fingerprint density at radius 1 is 0.667 bits per heavy atom. The highest BCUT2D eigenvalue weighted by Gasteiger charge is 2.53. The first-order valence-electron chi connectivity index (χ1n) is 13.8. The molecule has 0 amide bonds. The van der Waals surface area contributed by atoms with Gasteiger partial charge in [0, 0.05) is 19.5 Å². The Labute approximate surface area is 248 Å². The van der Waals surface area contributed by atoms with Crippen LogP contribution in [0, 0.1) is 10.2 Å². The van der Waals surface area contributed by atoms with Crippen molar-refractivity contribution in [3.05, 3.63) is 133 Å². The molecule has 0 bridgehead atoms. The number of halogens is 1. The second-order valence-corrected chi connectivity index (χ2v) is 14.1. The largest absolute Gasteiger partial charge is 0.420 e. The molecule has 42 heavy (non-hydrogen) atoms. The first kappa shape index (κ1) is 29.9. The molecule has 0 unspecified atom stereocenters. The Bertz CT molecular complexity index is 1420. The van der Waals surface area contributed by atoms with Crippen molar-refractivity contribution in [1.29, 1.82) is 0 Å². The molecule has 1 fully saturated rings. The van der Waals surface area contributed by atoms with Crippen LogP contribution >= 0.6 is 7.26 Å². The molecular formula is C33H33ClN2O5P+. The number of rotatable bonds is 7. The molecule has 1 aliphatic heterocycles. The van der Waals surface area contributed by atoms with Crippen LogP contribution in [0.2, 0.25) is 0 Å². The lowest BCUT2D eigenvalue weighted by Gasteiger charge is -2.30. The van der Waals surface area contributed by atoms with Crippen LogP contribution in [0.5, 0.6) is 0 Å². The third-order valence-corrected chi connectivity index (χ3v) is 11.4. The van der Waals surface area contributed by atoms with E-state index in [0.29, 0.717) is 6.42 Å². The summed E-state index contributed by atoms with van der Waals surface area (Å²) in [7, 11) is -7.03. The first-order chi connectivity index (χ1) is 20.4. The average molecular weight is 604 g/mol. The Hall–Kier alpha value is -3.55. The van der Waals surface area contributed by atoms with Crippen LogP contribution in [0.25, 0.3) is 0 Å². The fourth-order valence-electron chi connectivity index (χ4n) is 5.48. The number of aromatic nitrogens is 1. The van der Waals surface area contributed by atoms with Crippen molar-refractivity contribution >= 4 is 34.5 Å². The molecule has 1 aromatic heterocycles. The van der Waals surface area contributed by atoms with Crippen molar-refractivity contribution in [2.24, 2.45) is 0 Å². The van der Waals surface area contributed by atoms with Crippen molar-refractivity contribution in [2.75, 3.05) is 18.0 Å². The van der Waals surface area contributed by atoms with Crippen molar-refractivity contribution < 1.29 is 33.3 Å². The summed E-state index contributed by atoms with van der Waals surface area (Å²) in [5.41, 5.74) is 2.30. The molecule has 0 atom stereocenters. The fourth-order valence-corrected chi connectivity index (χ4v) is 9.70. The highest BCUT2D eigenvalue weighted by molar-refractivity contribution is 8.01. The van der Waals surface area contributed by atoms with Crippen LogP contribution < -0.4 is 40.2 Å². The van der Waals surface area contributed by atoms with Gasteiger partial charge in [-0.2, -0.15) is 19.0 Å². The summed E-state index contributed by atoms with van der Waals surface area (Å²) in [6, 6.07) is 43.4. The third kappa shape index (κ3) is 7.08. The molecule has 216 valence electrons. The second kappa shape index (κ2) is 13.6. The number of oxazole rings is 1. The summed E-state index contributed by atoms with van der Waals surface area (Å²) in [6.07, 6.45) is 4.32. The van der Waals surface area contributed by atoms with Crippen molar-refractivity contribution in [3.63, 3.8) is 0 Å². The molecule has 1 saturated heterocycles. The van der Waals surface area contributed by atoms with Gasteiger partial charge >= 0.3 is 0 Å². The van der Waals surface area contributed by atoms with E-state index in [9.17, 15) is 0 Å². The number of benzene rings is 4. The number of nitrogens with zero attached hydrogens (tertiary/aromatic N) is 2. The summed E-state index contributed by atoms with van der Waals surface area (Å²) in [5, 5.41) is 3.89. The van der Waals surface area contributed by atoms with Crippen LogP contribution in [-0.4, -0.2) is 22.7 Å². The molecule has 1 N–H and O–H groups in total. The Balaban J connectivity index is 0.000000652. The zero-order valence-corrected chi connectivity index (χ0v) is 24.7. The van der Waals surface area contributed by atoms with Crippen molar-refractivity contribution in [3.8, 4) is 0 Å². The van der Waals surface area contributed by atoms with Gasteiger partial charge in [-0.05, 0) is 61.2 Å². The third-order valence-electron chi connectivity index (χ3n) is 7.23. The Morgan fingerprint density at radius 2 is 1.07 bits per heavy atom. The standard InChI is InChI=1S/C33H32N2OP.ClHO4/c1-6-16-27(17-7-1)26-31-34-32(33(36-31)35-24-14-5-15-25-35)37(28-18-8-2-9-19-28,29-20-10-3-11-21-29)30-22-12-4-13-23-30;2-1(3,4)5/h1-4,6-13,16-23H,5,14-15,24-26H2;(H,2,3,4,5)/q+1;. The van der Waals surface area contributed by atoms with E-state index in [-0.39, 0.29) is 0 Å². The zero-order valence-electron chi connectivity index (χ0n) is 23.1. The molecule has 0 spiro atoms. The quantitative estimate of drug-likeness (QED) is 0.282. The number of anilines is 1. The topological polar surface area (TPSA) is 119 Å². The number of hydrogen-bond donors (Lipinski definition) is 1. The van der Waals surface area contributed by atoms with Gasteiger partial charge in [-0.15, -0.1) is 0 Å². The maximum Gasteiger partial charge on any atom is 0.261 e. The molecule has 6 rings (SSSR count). The van der Waals surface area contributed by atoms with Crippen LogP contribution in [0.3, 0.4) is 0 Å². The van der Waals surface area contributed by atoms with Gasteiger partial charge < -0.3 is 9.32 Å². The highest BCUT2D eigenvalue weighted by atomic mass is 35.7. The summed E-state index contributed by atoms with van der Waals surface area (Å²) >= 11 is 0. The summed E-state index contributed by atoms with van der Waals surface area (Å²) in [4.78, 5) is 7.87. The molecule has 1 aliphatic rings. The highest BCUT2D eigenvalue weighted by Crippen LogP contribution is 2.56. The van der Waals surface area contributed by atoms with Crippen LogP contribution in [0.1, 0.15) is 30.7 Å². The van der Waals surface area contributed by atoms with Gasteiger partial charge in [0.1, 0.15) is 15.9 Å². The second-order valence-electron chi connectivity index (χ2n) is 10.0. The zero-order chi connectivity index (χ0) is 29.4. The van der Waals surface area contributed by atoms with Gasteiger partial charge in [0.25, 0.3) is 11.3 Å². The molecule has 5 aromatic rings. The smallest absolute Gasteiger partial charge is 0.261 e. The van der Waals surface area contributed by atoms with Gasteiger partial charge in [-0.25, -0.2) is 0 Å². The van der Waals surface area contributed by atoms with E-state index >= 15 is 0 Å². The maximum atomic E-state index is 8.60. The minimum Gasteiger partial charge on any atom is -0.420 e. The molecule has 0 aliphatic carbocycles. The normalized spacial score (nSPS) is 13.8. The van der Waals surface area contributed by atoms with Crippen LogP contribution in [-0.2, 0) is 6.42 Å². The SMILES string of the molecule is [O-][Cl+3]([O-])([O-])O.c1ccc(Cc2nc([P+](c3ccccc3)(c3ccccc3)c3ccccc3)c(N3CCCCC3)o2)cc1. The van der Waals surface area contributed by atoms with Gasteiger partial charge in [-0.3, -0.25) is 0 Å². The molecule has 7 nitrogen and oxygen atoms in total. The van der Waals surface area contributed by atoms with Gasteiger partial charge in [0.2, 0.25) is 5.89 Å². The van der Waals surface area contributed by atoms with E-state index < -0.39 is 17.5 Å². The van der Waals surface area contributed by atoms with E-state index in [1.54, 1.807) is 0 Å². The van der Waals surface area contributed by atoms with Crippen molar-refractivity contribution in [2.45, 2.75) is 25.7 Å². The minimum absolute atomic E-state index is 0.681. The van der Waals surface area contributed by atoms with Gasteiger partial charge in [0.05, 0.1) is 14.9 Å². The van der Waals surface area contributed by atoms with Gasteiger partial charge in [-0.1, -0.05) is 84.9 Å². The summed E-state index contributed by atoms with van der Waals surface area (Å²) < 4.78 is 39.5. The van der Waals surface area contributed by atoms with E-state index in [1.165, 1.54) is 40.7 Å². The molecule has 4 aromatic carbocycles. The molecule has 0 saturated carbocycles. The molecular weight excluding hydrogens is 571 g/mol. The number of hydrogen-bond acceptors (Lipinski definition) is 7. The van der Waals surface area contributed by atoms with Crippen molar-refractivity contribution in [1.82, 2.24) is 4.98 Å². The van der Waals surface area contributed by atoms with Crippen LogP contribution in [0.15, 0.2) is 126 Å². The van der Waals surface area contributed by atoms with E-state index in [2.05, 4.69) is 126 Å². The lowest BCUT2D eigenvalue weighted by atomic mass is 10.1. The summed E-state index contributed by atoms with van der Waals surface area (Å²) in [6.45, 7) is 2.01. The minimum atomic E-state index is -4.69. The van der Waals surface area contributed by atoms with Crippen LogP contribution in [0.4, 0.5) is 5.88 Å². The maximum absolute atomic E-state index is 8.60. The fraction of sp³-hybridized carbons (Fsp3) is 0.182. The van der Waals surface area contributed by atoms with Gasteiger partial charge in [0.15, 0.2) is 7.26 Å². The lowest BCUT2D eigenvalue weighted by Crippen LogP contribution is -2.58. The first-order valence-corrected chi connectivity index (χ1v) is 16.9. The average Bonchev–Trinajstić information content (AvgIpc) is 3.43. The Kier molecular flexibility index (Phi) is 9.70. The number of piperidine rings is 1. The predicted molar refractivity (Wildman–Crippen MR) is 159 cm³/mol. The van der Waals surface area contributed by atoms with E-state index in [4.69, 9.17) is 28.0 Å². The Morgan fingerprint density at radius 3 is 1.50 bits per heavy atom. The molecule has 9 heteroatoms. The van der Waals surface area contributed by atoms with E-state index in [0.717, 1.165) is 30.3 Å². The van der Waals surface area contributed by atoms with E-state index in [1.807, 2.05) is 0 Å². The monoisotopic (exact) mass is 603 g/mol.